The molecule has 0 radical (unpaired) electrons. The summed E-state index contributed by atoms with van der Waals surface area (Å²) in [5.74, 6) is -0.0141. The van der Waals surface area contributed by atoms with Gasteiger partial charge in [-0.3, -0.25) is 4.79 Å². The summed E-state index contributed by atoms with van der Waals surface area (Å²) >= 11 is 1.59. The Labute approximate surface area is 121 Å². The van der Waals surface area contributed by atoms with Gasteiger partial charge >= 0.3 is 0 Å². The molecular weight excluding hydrogens is 270 g/mol. The Kier molecular flexibility index (Phi) is 3.48. The average Bonchev–Trinajstić information content (AvgIpc) is 3.16. The van der Waals surface area contributed by atoms with Gasteiger partial charge in [0.15, 0.2) is 0 Å². The largest absolute Gasteiger partial charge is 0.329 e. The van der Waals surface area contributed by atoms with Crippen molar-refractivity contribution in [1.82, 2.24) is 9.88 Å². The zero-order chi connectivity index (χ0) is 13.9. The maximum Gasteiger partial charge on any atom is 0.254 e. The van der Waals surface area contributed by atoms with E-state index in [1.165, 1.54) is 0 Å². The summed E-state index contributed by atoms with van der Waals surface area (Å²) in [5.41, 5.74) is 1.09. The highest BCUT2D eigenvalue weighted by Crippen LogP contribution is 2.34. The number of rotatable bonds is 2. The van der Waals surface area contributed by atoms with E-state index in [1.807, 2.05) is 10.3 Å². The van der Waals surface area contributed by atoms with Crippen molar-refractivity contribution in [2.75, 3.05) is 6.54 Å². The Morgan fingerprint density at radius 3 is 3.15 bits per heavy atom. The van der Waals surface area contributed by atoms with Gasteiger partial charge in [0.05, 0.1) is 17.7 Å². The van der Waals surface area contributed by atoms with E-state index in [4.69, 9.17) is 5.26 Å². The van der Waals surface area contributed by atoms with E-state index in [0.29, 0.717) is 11.1 Å². The van der Waals surface area contributed by atoms with Crippen LogP contribution in [0.15, 0.2) is 35.8 Å². The van der Waals surface area contributed by atoms with Crippen LogP contribution in [-0.2, 0) is 0 Å². The van der Waals surface area contributed by atoms with E-state index in [1.54, 1.807) is 41.8 Å². The molecule has 2 aromatic rings. The number of hydrogen-bond donors (Lipinski definition) is 0. The maximum atomic E-state index is 12.6. The van der Waals surface area contributed by atoms with Crippen molar-refractivity contribution in [3.63, 3.8) is 0 Å². The Morgan fingerprint density at radius 1 is 1.50 bits per heavy atom. The third-order valence-electron chi connectivity index (χ3n) is 3.49. The highest BCUT2D eigenvalue weighted by Gasteiger charge is 2.32. The van der Waals surface area contributed by atoms with Crippen molar-refractivity contribution in [1.29, 1.82) is 5.26 Å². The summed E-state index contributed by atoms with van der Waals surface area (Å²) in [6, 6.07) is 9.02. The molecule has 1 aromatic carbocycles. The molecule has 1 aliphatic rings. The second-order valence-corrected chi connectivity index (χ2v) is 5.65. The van der Waals surface area contributed by atoms with Gasteiger partial charge in [-0.25, -0.2) is 4.98 Å². The lowest BCUT2D eigenvalue weighted by atomic mass is 10.1. The second kappa shape index (κ2) is 5.43. The molecule has 3 rings (SSSR count). The smallest absolute Gasteiger partial charge is 0.254 e. The molecule has 20 heavy (non-hydrogen) atoms. The van der Waals surface area contributed by atoms with Crippen LogP contribution in [0.25, 0.3) is 0 Å². The van der Waals surface area contributed by atoms with E-state index in [2.05, 4.69) is 11.1 Å². The molecule has 1 amide bonds. The third kappa shape index (κ3) is 2.30. The minimum atomic E-state index is -0.0141. The predicted molar refractivity (Wildman–Crippen MR) is 76.3 cm³/mol. The topological polar surface area (TPSA) is 57.0 Å². The first-order chi connectivity index (χ1) is 9.79. The SMILES string of the molecule is N#Cc1cccc(C(=O)N2CCCC2c2nccs2)c1. The molecule has 1 unspecified atom stereocenters. The molecule has 0 N–H and O–H groups in total. The fourth-order valence-corrected chi connectivity index (χ4v) is 3.34. The van der Waals surface area contributed by atoms with E-state index in [-0.39, 0.29) is 11.9 Å². The van der Waals surface area contributed by atoms with Crippen molar-refractivity contribution in [3.05, 3.63) is 52.0 Å². The lowest BCUT2D eigenvalue weighted by molar-refractivity contribution is 0.0735. The molecule has 1 aliphatic heterocycles. The van der Waals surface area contributed by atoms with Crippen LogP contribution in [0.2, 0.25) is 0 Å². The van der Waals surface area contributed by atoms with E-state index in [0.717, 1.165) is 24.4 Å². The van der Waals surface area contributed by atoms with Crippen LogP contribution in [0, 0.1) is 11.3 Å². The summed E-state index contributed by atoms with van der Waals surface area (Å²) in [6.07, 6.45) is 3.72. The zero-order valence-electron chi connectivity index (χ0n) is 10.8. The summed E-state index contributed by atoms with van der Waals surface area (Å²) in [7, 11) is 0. The van der Waals surface area contributed by atoms with E-state index in [9.17, 15) is 4.79 Å². The second-order valence-electron chi connectivity index (χ2n) is 4.72. The van der Waals surface area contributed by atoms with Crippen LogP contribution < -0.4 is 0 Å². The third-order valence-corrected chi connectivity index (χ3v) is 4.37. The van der Waals surface area contributed by atoms with E-state index < -0.39 is 0 Å². The molecule has 2 heterocycles. The number of hydrogen-bond acceptors (Lipinski definition) is 4. The molecule has 0 saturated carbocycles. The van der Waals surface area contributed by atoms with Gasteiger partial charge in [-0.2, -0.15) is 5.26 Å². The number of nitrogens with zero attached hydrogens (tertiary/aromatic N) is 3. The first kappa shape index (κ1) is 12.8. The van der Waals surface area contributed by atoms with Crippen molar-refractivity contribution in [2.24, 2.45) is 0 Å². The van der Waals surface area contributed by atoms with Gasteiger partial charge in [-0.1, -0.05) is 6.07 Å². The van der Waals surface area contributed by atoms with Gasteiger partial charge in [-0.15, -0.1) is 11.3 Å². The molecule has 1 fully saturated rings. The molecule has 1 aromatic heterocycles. The lowest BCUT2D eigenvalue weighted by Gasteiger charge is -2.23. The molecule has 0 aliphatic carbocycles. The van der Waals surface area contributed by atoms with Crippen LogP contribution in [-0.4, -0.2) is 22.3 Å². The number of carbonyl (C=O) groups excluding carboxylic acids is 1. The Bertz CT molecular complexity index is 660. The van der Waals surface area contributed by atoms with Crippen molar-refractivity contribution in [2.45, 2.75) is 18.9 Å². The molecule has 100 valence electrons. The van der Waals surface area contributed by atoms with Crippen LogP contribution >= 0.6 is 11.3 Å². The standard InChI is InChI=1S/C15H13N3OS/c16-10-11-3-1-4-12(9-11)15(19)18-7-2-5-13(18)14-17-6-8-20-14/h1,3-4,6,8-9,13H,2,5,7H2. The summed E-state index contributed by atoms with van der Waals surface area (Å²) < 4.78 is 0. The number of likely N-dealkylation sites (tertiary alicyclic amines) is 1. The molecular formula is C15H13N3OS. The Morgan fingerprint density at radius 2 is 2.40 bits per heavy atom. The van der Waals surface area contributed by atoms with Crippen LogP contribution in [0.5, 0.6) is 0 Å². The van der Waals surface area contributed by atoms with Crippen LogP contribution in [0.3, 0.4) is 0 Å². The lowest BCUT2D eigenvalue weighted by Crippen LogP contribution is -2.30. The van der Waals surface area contributed by atoms with Gasteiger partial charge < -0.3 is 4.90 Å². The van der Waals surface area contributed by atoms with Crippen molar-refractivity contribution in [3.8, 4) is 6.07 Å². The molecule has 0 bridgehead atoms. The van der Waals surface area contributed by atoms with Gasteiger partial charge in [0, 0.05) is 23.7 Å². The summed E-state index contributed by atoms with van der Waals surface area (Å²) in [4.78, 5) is 18.8. The first-order valence-corrected chi connectivity index (χ1v) is 7.38. The number of carbonyl (C=O) groups is 1. The fourth-order valence-electron chi connectivity index (χ4n) is 2.55. The molecule has 1 atom stereocenters. The Balaban J connectivity index is 1.88. The normalized spacial score (nSPS) is 17.9. The number of nitriles is 1. The highest BCUT2D eigenvalue weighted by molar-refractivity contribution is 7.09. The van der Waals surface area contributed by atoms with Crippen LogP contribution in [0.1, 0.15) is 39.8 Å². The Hall–Kier alpha value is -2.19. The fraction of sp³-hybridized carbons (Fsp3) is 0.267. The molecule has 4 nitrogen and oxygen atoms in total. The van der Waals surface area contributed by atoms with E-state index >= 15 is 0 Å². The number of benzene rings is 1. The number of aromatic nitrogens is 1. The minimum Gasteiger partial charge on any atom is -0.329 e. The molecule has 1 saturated heterocycles. The summed E-state index contributed by atoms with van der Waals surface area (Å²) in [5, 5.41) is 11.9. The molecule has 5 heteroatoms. The minimum absolute atomic E-state index is 0.0141. The highest BCUT2D eigenvalue weighted by atomic mass is 32.1. The van der Waals surface area contributed by atoms with Gasteiger partial charge in [-0.05, 0) is 31.0 Å². The zero-order valence-corrected chi connectivity index (χ0v) is 11.6. The first-order valence-electron chi connectivity index (χ1n) is 6.50. The van der Waals surface area contributed by atoms with Crippen molar-refractivity contribution >= 4 is 17.2 Å². The maximum absolute atomic E-state index is 12.6. The van der Waals surface area contributed by atoms with Gasteiger partial charge in [0.25, 0.3) is 5.91 Å². The van der Waals surface area contributed by atoms with Crippen LogP contribution in [0.4, 0.5) is 0 Å². The van der Waals surface area contributed by atoms with Gasteiger partial charge in [0.1, 0.15) is 5.01 Å². The number of thiazole rings is 1. The monoisotopic (exact) mass is 283 g/mol. The quantitative estimate of drug-likeness (QED) is 0.851. The van der Waals surface area contributed by atoms with Crippen molar-refractivity contribution < 1.29 is 4.79 Å². The predicted octanol–water partition coefficient (Wildman–Crippen LogP) is 2.99. The summed E-state index contributed by atoms with van der Waals surface area (Å²) in [6.45, 7) is 0.750. The van der Waals surface area contributed by atoms with Gasteiger partial charge in [0.2, 0.25) is 0 Å². The average molecular weight is 283 g/mol. The molecule has 0 spiro atoms. The number of amides is 1.